The molecule has 8 nitrogen and oxygen atoms in total. The van der Waals surface area contributed by atoms with Gasteiger partial charge in [0.15, 0.2) is 16.4 Å². The van der Waals surface area contributed by atoms with Crippen molar-refractivity contribution in [1.82, 2.24) is 10.6 Å². The highest BCUT2D eigenvalue weighted by Crippen LogP contribution is 2.20. The number of aliphatic hydroxyl groups is 1. The van der Waals surface area contributed by atoms with Gasteiger partial charge in [-0.1, -0.05) is 29.8 Å². The van der Waals surface area contributed by atoms with E-state index in [9.17, 15) is 27.5 Å². The highest BCUT2D eigenvalue weighted by atomic mass is 35.5. The van der Waals surface area contributed by atoms with E-state index in [1.54, 1.807) is 12.1 Å². The van der Waals surface area contributed by atoms with E-state index in [0.717, 1.165) is 12.3 Å². The fraction of sp³-hybridized carbons (Fsp3) is 0.304. The molecule has 2 aromatic rings. The second-order valence-electron chi connectivity index (χ2n) is 7.56. The lowest BCUT2D eigenvalue weighted by Crippen LogP contribution is -2.41. The van der Waals surface area contributed by atoms with Crippen molar-refractivity contribution in [3.8, 4) is 5.75 Å². The number of rotatable bonds is 12. The minimum absolute atomic E-state index is 0.0149. The molecule has 0 aliphatic rings. The van der Waals surface area contributed by atoms with Crippen molar-refractivity contribution in [3.05, 3.63) is 71.5 Å². The quantitative estimate of drug-likeness (QED) is 0.374. The Kier molecular flexibility index (Phi) is 10.0. The van der Waals surface area contributed by atoms with Crippen LogP contribution in [0.3, 0.4) is 0 Å². The summed E-state index contributed by atoms with van der Waals surface area (Å²) in [6.45, 7) is 3.19. The third-order valence-electron chi connectivity index (χ3n) is 4.67. The molecule has 0 bridgehead atoms. The maximum atomic E-state index is 13.4. The van der Waals surface area contributed by atoms with Crippen LogP contribution in [-0.2, 0) is 25.8 Å². The lowest BCUT2D eigenvalue weighted by atomic mass is 10.1. The van der Waals surface area contributed by atoms with Crippen LogP contribution in [0.4, 0.5) is 4.39 Å². The zero-order chi connectivity index (χ0) is 25.3. The summed E-state index contributed by atoms with van der Waals surface area (Å²) < 4.78 is 41.6. The smallest absolute Gasteiger partial charge is 0.258 e. The molecule has 184 valence electrons. The van der Waals surface area contributed by atoms with Gasteiger partial charge in [0.25, 0.3) is 5.91 Å². The molecule has 0 heterocycles. The maximum Gasteiger partial charge on any atom is 0.258 e. The van der Waals surface area contributed by atoms with Crippen LogP contribution in [0, 0.1) is 5.82 Å². The van der Waals surface area contributed by atoms with Gasteiger partial charge in [0.05, 0.1) is 22.4 Å². The van der Waals surface area contributed by atoms with Crippen LogP contribution in [0.25, 0.3) is 0 Å². The Labute approximate surface area is 202 Å². The van der Waals surface area contributed by atoms with E-state index in [0.29, 0.717) is 5.56 Å². The summed E-state index contributed by atoms with van der Waals surface area (Å²) in [5.41, 5.74) is 0.621. The fourth-order valence-corrected chi connectivity index (χ4v) is 3.64. The van der Waals surface area contributed by atoms with Crippen LogP contribution in [0.2, 0.25) is 5.02 Å². The number of carbonyl (C=O) groups is 2. The van der Waals surface area contributed by atoms with E-state index in [1.165, 1.54) is 30.3 Å². The van der Waals surface area contributed by atoms with Crippen molar-refractivity contribution in [2.45, 2.75) is 29.9 Å². The maximum absolute atomic E-state index is 13.4. The summed E-state index contributed by atoms with van der Waals surface area (Å²) in [4.78, 5) is 24.4. The molecule has 0 aliphatic carbocycles. The van der Waals surface area contributed by atoms with Crippen molar-refractivity contribution >= 4 is 33.3 Å². The molecular weight excluding hydrogens is 487 g/mol. The number of amides is 2. The monoisotopic (exact) mass is 512 g/mol. The van der Waals surface area contributed by atoms with Crippen molar-refractivity contribution in [1.29, 1.82) is 0 Å². The van der Waals surface area contributed by atoms with E-state index in [-0.39, 0.29) is 47.6 Å². The molecule has 2 aromatic carbocycles. The van der Waals surface area contributed by atoms with E-state index in [4.69, 9.17) is 16.3 Å². The second-order valence-corrected chi connectivity index (χ2v) is 9.98. The molecule has 0 spiro atoms. The van der Waals surface area contributed by atoms with Crippen LogP contribution in [0.1, 0.15) is 12.0 Å². The Hall–Kier alpha value is -2.95. The lowest BCUT2D eigenvalue weighted by molar-refractivity contribution is -0.124. The average molecular weight is 513 g/mol. The van der Waals surface area contributed by atoms with E-state index < -0.39 is 33.7 Å². The van der Waals surface area contributed by atoms with Gasteiger partial charge in [-0.3, -0.25) is 9.59 Å². The number of halogens is 2. The summed E-state index contributed by atoms with van der Waals surface area (Å²) in [7, 11) is -3.31. The largest absolute Gasteiger partial charge is 0.484 e. The Bertz CT molecular complexity index is 1120. The van der Waals surface area contributed by atoms with Gasteiger partial charge in [0, 0.05) is 24.9 Å². The van der Waals surface area contributed by atoms with Crippen LogP contribution < -0.4 is 15.4 Å². The first-order valence-electron chi connectivity index (χ1n) is 10.2. The number of ether oxygens (including phenoxy) is 1. The predicted octanol–water partition coefficient (Wildman–Crippen LogP) is 2.04. The topological polar surface area (TPSA) is 122 Å². The molecule has 0 fully saturated rings. The lowest BCUT2D eigenvalue weighted by Gasteiger charge is -2.19. The van der Waals surface area contributed by atoms with E-state index in [2.05, 4.69) is 17.2 Å². The first-order valence-corrected chi connectivity index (χ1v) is 12.5. The molecule has 0 saturated carbocycles. The second kappa shape index (κ2) is 12.5. The summed E-state index contributed by atoms with van der Waals surface area (Å²) in [5, 5.41) is 15.3. The van der Waals surface area contributed by atoms with Crippen LogP contribution in [0.15, 0.2) is 60.0 Å². The predicted molar refractivity (Wildman–Crippen MR) is 126 cm³/mol. The number of carbonyl (C=O) groups excluding carboxylic acids is 2. The first-order chi connectivity index (χ1) is 16.0. The number of benzene rings is 2. The van der Waals surface area contributed by atoms with E-state index in [1.807, 2.05) is 0 Å². The molecule has 2 amide bonds. The van der Waals surface area contributed by atoms with Crippen molar-refractivity contribution < 1.29 is 32.2 Å². The normalized spacial score (nSPS) is 12.9. The van der Waals surface area contributed by atoms with Gasteiger partial charge < -0.3 is 20.5 Å². The van der Waals surface area contributed by atoms with Gasteiger partial charge in [-0.25, -0.2) is 12.8 Å². The molecule has 0 radical (unpaired) electrons. The molecule has 0 aliphatic heterocycles. The number of sulfone groups is 1. The number of hydrogen-bond acceptors (Lipinski definition) is 6. The molecule has 2 atom stereocenters. The Morgan fingerprint density at radius 1 is 1.21 bits per heavy atom. The average Bonchev–Trinajstić information content (AvgIpc) is 2.77. The summed E-state index contributed by atoms with van der Waals surface area (Å²) in [5.74, 6) is -1.39. The molecule has 2 unspecified atom stereocenters. The molecular formula is C23H26ClFN2O6S. The first kappa shape index (κ1) is 27.3. The summed E-state index contributed by atoms with van der Waals surface area (Å²) in [6, 6.07) is 9.17. The Morgan fingerprint density at radius 2 is 1.88 bits per heavy atom. The third kappa shape index (κ3) is 9.12. The van der Waals surface area contributed by atoms with Gasteiger partial charge in [-0.2, -0.15) is 0 Å². The SMILES string of the molecule is C=CC(CC(O)CNC(=O)Cc1ccc(S(C)(=O)=O)cc1)NC(=O)COc1ccc(Cl)c(F)c1. The molecule has 34 heavy (non-hydrogen) atoms. The van der Waals surface area contributed by atoms with Gasteiger partial charge in [0.1, 0.15) is 11.6 Å². The number of aliphatic hydroxyl groups excluding tert-OH is 1. The zero-order valence-electron chi connectivity index (χ0n) is 18.5. The minimum atomic E-state index is -3.31. The van der Waals surface area contributed by atoms with Crippen LogP contribution in [0.5, 0.6) is 5.75 Å². The minimum Gasteiger partial charge on any atom is -0.484 e. The number of nitrogens with one attached hydrogen (secondary N) is 2. The Balaban J connectivity index is 1.74. The highest BCUT2D eigenvalue weighted by molar-refractivity contribution is 7.90. The zero-order valence-corrected chi connectivity index (χ0v) is 20.0. The summed E-state index contributed by atoms with van der Waals surface area (Å²) in [6.07, 6.45) is 1.68. The Morgan fingerprint density at radius 3 is 2.47 bits per heavy atom. The van der Waals surface area contributed by atoms with Crippen LogP contribution in [-0.4, -0.2) is 56.9 Å². The molecule has 3 N–H and O–H groups in total. The van der Waals surface area contributed by atoms with Gasteiger partial charge in [-0.05, 0) is 36.2 Å². The van der Waals surface area contributed by atoms with Crippen molar-refractivity contribution in [3.63, 3.8) is 0 Å². The fourth-order valence-electron chi connectivity index (χ4n) is 2.89. The molecule has 11 heteroatoms. The van der Waals surface area contributed by atoms with Gasteiger partial charge >= 0.3 is 0 Å². The molecule has 0 saturated heterocycles. The van der Waals surface area contributed by atoms with E-state index >= 15 is 0 Å². The van der Waals surface area contributed by atoms with Gasteiger partial charge in [0.2, 0.25) is 5.91 Å². The van der Waals surface area contributed by atoms with Crippen molar-refractivity contribution in [2.24, 2.45) is 0 Å². The molecule has 2 rings (SSSR count). The third-order valence-corrected chi connectivity index (χ3v) is 6.10. The standard InChI is InChI=1S/C23H26ClFN2O6S/c1-3-16(27-23(30)14-33-18-6-9-20(24)21(25)12-18)11-17(28)13-26-22(29)10-15-4-7-19(8-5-15)34(2,31)32/h3-9,12,16-17,28H,1,10-11,13-14H2,2H3,(H,26,29)(H,27,30). The highest BCUT2D eigenvalue weighted by Gasteiger charge is 2.16. The number of hydrogen-bond donors (Lipinski definition) is 3. The summed E-state index contributed by atoms with van der Waals surface area (Å²) >= 11 is 5.59. The molecule has 0 aromatic heterocycles. The van der Waals surface area contributed by atoms with Gasteiger partial charge in [-0.15, -0.1) is 6.58 Å². The van der Waals surface area contributed by atoms with Crippen molar-refractivity contribution in [2.75, 3.05) is 19.4 Å². The van der Waals surface area contributed by atoms with Crippen LogP contribution >= 0.6 is 11.6 Å².